The van der Waals surface area contributed by atoms with Crippen molar-refractivity contribution in [3.8, 4) is 0 Å². The molecule has 0 saturated heterocycles. The van der Waals surface area contributed by atoms with E-state index in [0.29, 0.717) is 92.2 Å². The number of hydrogen-bond donors (Lipinski definition) is 1. The van der Waals surface area contributed by atoms with Crippen LogP contribution in [0, 0.1) is 98.6 Å². The van der Waals surface area contributed by atoms with Crippen molar-refractivity contribution in [2.45, 2.75) is 115 Å². The summed E-state index contributed by atoms with van der Waals surface area (Å²) in [5, 5.41) is 0.335. The largest absolute Gasteiger partial charge is 0.167 e. The fraction of sp³-hybridized carbons (Fsp3) is 0.686. The third-order valence-corrected chi connectivity index (χ3v) is 25.8. The van der Waals surface area contributed by atoms with Crippen LogP contribution < -0.4 is 0 Å². The van der Waals surface area contributed by atoms with Crippen LogP contribution in [0.3, 0.4) is 0 Å². The summed E-state index contributed by atoms with van der Waals surface area (Å²) < 4.78 is 0. The number of fused-ring (bicyclic) bond motifs is 2. The lowest BCUT2D eigenvalue weighted by molar-refractivity contribution is -0.138. The third-order valence-electron chi connectivity index (χ3n) is 23.1. The van der Waals surface area contributed by atoms with Gasteiger partial charge in [0.2, 0.25) is 0 Å². The minimum atomic E-state index is 0.268. The second-order valence-corrected chi connectivity index (χ2v) is 25.7. The zero-order valence-corrected chi connectivity index (χ0v) is 37.9. The lowest BCUT2D eigenvalue weighted by atomic mass is 9.43. The Balaban J connectivity index is 1.18. The Labute approximate surface area is 342 Å². The molecule has 0 aliphatic heterocycles. The van der Waals surface area contributed by atoms with E-state index in [0.717, 1.165) is 17.8 Å². The maximum absolute atomic E-state index is 6.02. The van der Waals surface area contributed by atoms with Gasteiger partial charge in [0.15, 0.2) is 0 Å². The Hall–Kier alpha value is -0.440. The fourth-order valence-corrected chi connectivity index (χ4v) is 26.6. The molecule has 0 radical (unpaired) electrons. The highest BCUT2D eigenvalue weighted by Crippen LogP contribution is 3.05. The Kier molecular flexibility index (Phi) is 5.35. The highest BCUT2D eigenvalue weighted by Gasteiger charge is 3.00. The van der Waals surface area contributed by atoms with Crippen molar-refractivity contribution in [2.24, 2.45) is 98.6 Å². The van der Waals surface area contributed by atoms with Gasteiger partial charge in [-0.2, -0.15) is 12.6 Å². The van der Waals surface area contributed by atoms with E-state index >= 15 is 0 Å². The second kappa shape index (κ2) is 9.09. The highest BCUT2D eigenvalue weighted by atomic mass is 32.1. The fourth-order valence-electron chi connectivity index (χ4n) is 23.1. The first-order chi connectivity index (χ1) is 26.5. The van der Waals surface area contributed by atoms with Crippen LogP contribution in [-0.4, -0.2) is 22.2 Å². The molecule has 284 valence electrons. The SMILES string of the molecule is CC1CCC=CC2C3=C1C(C)C1=C4C3C35C6C7=C(CCC7C23C)C(C)C2=C6C3C6=C(C(P)C7=C8C(CCC7P)CC7(C9CCC(C)C(=C9C4C375)C1S)C86)C2P. The van der Waals surface area contributed by atoms with Gasteiger partial charge in [0.05, 0.1) is 0 Å². The van der Waals surface area contributed by atoms with Crippen molar-refractivity contribution >= 4 is 40.3 Å². The van der Waals surface area contributed by atoms with Gasteiger partial charge in [0.25, 0.3) is 0 Å². The first-order valence-corrected chi connectivity index (χ1v) is 25.8. The first kappa shape index (κ1) is 32.3. The van der Waals surface area contributed by atoms with E-state index in [4.69, 9.17) is 12.6 Å². The van der Waals surface area contributed by atoms with Crippen LogP contribution in [0.5, 0.6) is 0 Å². The van der Waals surface area contributed by atoms with E-state index < -0.39 is 0 Å². The van der Waals surface area contributed by atoms with Gasteiger partial charge in [-0.05, 0) is 121 Å². The summed E-state index contributed by atoms with van der Waals surface area (Å²) in [6.07, 6.45) is 18.2. The smallest absolute Gasteiger partial charge is 0.0450 e. The summed E-state index contributed by atoms with van der Waals surface area (Å²) >= 11 is 6.02. The minimum absolute atomic E-state index is 0.268. The predicted molar refractivity (Wildman–Crippen MR) is 237 cm³/mol. The van der Waals surface area contributed by atoms with Crippen molar-refractivity contribution in [3.63, 3.8) is 0 Å². The van der Waals surface area contributed by atoms with Crippen molar-refractivity contribution in [1.29, 1.82) is 0 Å². The molecule has 3 spiro atoms. The molecule has 16 rings (SSSR count). The molecule has 16 aliphatic rings. The molecule has 0 aromatic rings. The van der Waals surface area contributed by atoms with Gasteiger partial charge in [-0.3, -0.25) is 0 Å². The standard InChI is InChI=1S/C51H59P3S/c1-17-8-6-7-9-23-33-27(17)20(4)30-37-42(33)50-41-32-22(12-14-24(32)48(23,50)5)19(3)29-36(41)44-38-39(45(29)53)46(54)35-26(52)15-11-21-16-49(40(38)31(21)35)25-13-10-18(2)28(47(30)55)34(25)43(37)51(44,49)50/h7,9,17-21,23-26,40-47,55H,6,8,10-16,52-54H2,1-5H3. The van der Waals surface area contributed by atoms with Gasteiger partial charge in [-0.25, -0.2) is 0 Å². The molecule has 0 heterocycles. The molecule has 0 N–H and O–H groups in total. The molecule has 0 bridgehead atoms. The predicted octanol–water partition coefficient (Wildman–Crippen LogP) is 11.4. The van der Waals surface area contributed by atoms with Crippen LogP contribution in [0.25, 0.3) is 0 Å². The van der Waals surface area contributed by atoms with Crippen LogP contribution in [0.1, 0.15) is 92.4 Å². The number of thiol groups is 1. The van der Waals surface area contributed by atoms with Crippen LogP contribution in [-0.2, 0) is 0 Å². The third kappa shape index (κ3) is 2.52. The average molecular weight is 797 g/mol. The van der Waals surface area contributed by atoms with Crippen molar-refractivity contribution in [1.82, 2.24) is 0 Å². The summed E-state index contributed by atoms with van der Waals surface area (Å²) in [5.74, 6) is 8.78. The lowest BCUT2D eigenvalue weighted by Crippen LogP contribution is -2.57. The van der Waals surface area contributed by atoms with Crippen molar-refractivity contribution < 1.29 is 0 Å². The van der Waals surface area contributed by atoms with Gasteiger partial charge in [0, 0.05) is 68.8 Å². The van der Waals surface area contributed by atoms with Gasteiger partial charge in [-0.15, -0.1) is 27.7 Å². The molecular weight excluding hydrogens is 738 g/mol. The van der Waals surface area contributed by atoms with Gasteiger partial charge >= 0.3 is 0 Å². The minimum Gasteiger partial charge on any atom is -0.167 e. The maximum atomic E-state index is 6.02. The van der Waals surface area contributed by atoms with Gasteiger partial charge in [-0.1, -0.05) is 114 Å². The van der Waals surface area contributed by atoms with E-state index in [1.165, 1.54) is 57.8 Å². The van der Waals surface area contributed by atoms with Crippen LogP contribution >= 0.6 is 40.3 Å². The van der Waals surface area contributed by atoms with Crippen LogP contribution in [0.4, 0.5) is 0 Å². The Bertz CT molecular complexity index is 2410. The Morgan fingerprint density at radius 3 is 2.13 bits per heavy atom. The average Bonchev–Trinajstić information content (AvgIpc) is 3.98. The Morgan fingerprint density at radius 2 is 1.29 bits per heavy atom. The van der Waals surface area contributed by atoms with Crippen LogP contribution in [0.2, 0.25) is 0 Å². The molecular formula is C51H59P3S. The quantitative estimate of drug-likeness (QED) is 0.141. The zero-order chi connectivity index (χ0) is 36.7. The molecule has 55 heavy (non-hydrogen) atoms. The van der Waals surface area contributed by atoms with Crippen LogP contribution in [0.15, 0.2) is 90.2 Å². The van der Waals surface area contributed by atoms with E-state index in [-0.39, 0.29) is 10.8 Å². The molecule has 24 unspecified atom stereocenters. The number of allylic oxidation sites excluding steroid dienone is 14. The molecule has 4 heteroatoms. The summed E-state index contributed by atoms with van der Waals surface area (Å²) in [4.78, 5) is 0. The van der Waals surface area contributed by atoms with E-state index in [2.05, 4.69) is 102 Å². The summed E-state index contributed by atoms with van der Waals surface area (Å²) in [6, 6.07) is 0. The molecule has 0 aromatic carbocycles. The van der Waals surface area contributed by atoms with Crippen molar-refractivity contribution in [2.75, 3.05) is 0 Å². The highest BCUT2D eigenvalue weighted by molar-refractivity contribution is 7.81. The second-order valence-electron chi connectivity index (χ2n) is 23.1. The monoisotopic (exact) mass is 796 g/mol. The molecule has 7 saturated carbocycles. The summed E-state index contributed by atoms with van der Waals surface area (Å²) in [5.41, 5.74) is 30.8. The van der Waals surface area contributed by atoms with Gasteiger partial charge in [0.1, 0.15) is 0 Å². The maximum Gasteiger partial charge on any atom is 0.0450 e. The summed E-state index contributed by atoms with van der Waals surface area (Å²) in [6.45, 7) is 13.8. The Morgan fingerprint density at radius 1 is 0.582 bits per heavy atom. The number of hydrogen-bond acceptors (Lipinski definition) is 1. The van der Waals surface area contributed by atoms with E-state index in [1.807, 2.05) is 50.2 Å². The molecule has 7 fully saturated rings. The van der Waals surface area contributed by atoms with Crippen molar-refractivity contribution in [3.05, 3.63) is 90.2 Å². The van der Waals surface area contributed by atoms with E-state index in [9.17, 15) is 0 Å². The lowest BCUT2D eigenvalue weighted by Gasteiger charge is -2.58. The molecule has 0 amide bonds. The van der Waals surface area contributed by atoms with E-state index in [1.54, 1.807) is 0 Å². The first-order valence-electron chi connectivity index (χ1n) is 23.3. The summed E-state index contributed by atoms with van der Waals surface area (Å²) in [7, 11) is 10.7. The van der Waals surface area contributed by atoms with Gasteiger partial charge < -0.3 is 0 Å². The number of rotatable bonds is 0. The topological polar surface area (TPSA) is 0 Å². The molecule has 24 atom stereocenters. The molecule has 16 aliphatic carbocycles. The normalized spacial score (nSPS) is 61.5. The molecule has 0 nitrogen and oxygen atoms in total. The zero-order valence-electron chi connectivity index (χ0n) is 33.5. The molecule has 0 aromatic heterocycles.